The number of nitrogens with zero attached hydrogens (tertiary/aromatic N) is 4. The molecule has 10 nitrogen and oxygen atoms in total. The summed E-state index contributed by atoms with van der Waals surface area (Å²) < 4.78 is 33.3. The van der Waals surface area contributed by atoms with Crippen LogP contribution in [-0.2, 0) is 10.0 Å². The summed E-state index contributed by atoms with van der Waals surface area (Å²) in [6.07, 6.45) is 2.60. The standard InChI is InChI=1S/C25H30N6O4S/c1-15(2)35-22-11-8-18(14-27-22)20-10-9-19(24(28-20)31-13-12-16(3)17(31)4)25(32)30-36(33,34)23-7-5-6-21(26)29-23/h5-11,14-17H,12-13H2,1-4H3,(H2,26,29)(H,30,32)/t16-,17+/m0/s1. The van der Waals surface area contributed by atoms with Gasteiger partial charge in [0.15, 0.2) is 5.03 Å². The molecule has 11 heteroatoms. The number of pyridine rings is 3. The van der Waals surface area contributed by atoms with E-state index in [4.69, 9.17) is 15.5 Å². The van der Waals surface area contributed by atoms with Crippen molar-refractivity contribution in [2.45, 2.75) is 51.3 Å². The highest BCUT2D eigenvalue weighted by molar-refractivity contribution is 7.90. The Morgan fingerprint density at radius 1 is 1.14 bits per heavy atom. The lowest BCUT2D eigenvalue weighted by atomic mass is 10.0. The van der Waals surface area contributed by atoms with E-state index in [0.29, 0.717) is 29.9 Å². The molecule has 0 aromatic carbocycles. The first kappa shape index (κ1) is 25.4. The van der Waals surface area contributed by atoms with Crippen molar-refractivity contribution in [1.29, 1.82) is 0 Å². The van der Waals surface area contributed by atoms with Gasteiger partial charge in [-0.05, 0) is 63.4 Å². The number of nitrogens with one attached hydrogen (secondary N) is 1. The number of carbonyl (C=O) groups is 1. The van der Waals surface area contributed by atoms with E-state index in [1.165, 1.54) is 18.2 Å². The predicted molar refractivity (Wildman–Crippen MR) is 137 cm³/mol. The zero-order valence-corrected chi connectivity index (χ0v) is 21.5. The topological polar surface area (TPSA) is 140 Å². The van der Waals surface area contributed by atoms with Gasteiger partial charge in [0.1, 0.15) is 11.6 Å². The van der Waals surface area contributed by atoms with Crippen LogP contribution in [0.1, 0.15) is 44.5 Å². The summed E-state index contributed by atoms with van der Waals surface area (Å²) in [5, 5.41) is -0.333. The van der Waals surface area contributed by atoms with Crippen LogP contribution in [0.3, 0.4) is 0 Å². The zero-order valence-electron chi connectivity index (χ0n) is 20.7. The van der Waals surface area contributed by atoms with Gasteiger partial charge in [0.2, 0.25) is 5.88 Å². The number of ether oxygens (including phenoxy) is 1. The Bertz CT molecular complexity index is 1360. The third-order valence-electron chi connectivity index (χ3n) is 6.17. The molecule has 2 atom stereocenters. The van der Waals surface area contributed by atoms with E-state index in [1.54, 1.807) is 24.4 Å². The van der Waals surface area contributed by atoms with E-state index in [9.17, 15) is 13.2 Å². The molecule has 0 aliphatic carbocycles. The summed E-state index contributed by atoms with van der Waals surface area (Å²) in [7, 11) is -4.23. The molecular formula is C25H30N6O4S. The van der Waals surface area contributed by atoms with Gasteiger partial charge in [-0.2, -0.15) is 8.42 Å². The third kappa shape index (κ3) is 5.40. The monoisotopic (exact) mass is 510 g/mol. The van der Waals surface area contributed by atoms with E-state index in [-0.39, 0.29) is 28.6 Å². The number of carbonyl (C=O) groups excluding carboxylic acids is 1. The second-order valence-electron chi connectivity index (χ2n) is 9.15. The Kier molecular flexibility index (Phi) is 7.11. The Balaban J connectivity index is 1.70. The maximum absolute atomic E-state index is 13.2. The third-order valence-corrected chi connectivity index (χ3v) is 7.40. The molecule has 4 rings (SSSR count). The number of hydrogen-bond donors (Lipinski definition) is 2. The average Bonchev–Trinajstić information content (AvgIpc) is 3.16. The van der Waals surface area contributed by atoms with Crippen LogP contribution >= 0.6 is 0 Å². The second kappa shape index (κ2) is 10.1. The van der Waals surface area contributed by atoms with Crippen molar-refractivity contribution < 1.29 is 17.9 Å². The summed E-state index contributed by atoms with van der Waals surface area (Å²) in [4.78, 5) is 28.2. The lowest BCUT2D eigenvalue weighted by Crippen LogP contribution is -2.35. The van der Waals surface area contributed by atoms with Crippen LogP contribution in [0.25, 0.3) is 11.3 Å². The lowest BCUT2D eigenvalue weighted by Gasteiger charge is -2.27. The Morgan fingerprint density at radius 3 is 2.53 bits per heavy atom. The average molecular weight is 511 g/mol. The van der Waals surface area contributed by atoms with E-state index in [0.717, 1.165) is 12.0 Å². The van der Waals surface area contributed by atoms with Crippen LogP contribution in [0.4, 0.5) is 11.6 Å². The normalized spacial score (nSPS) is 17.9. The van der Waals surface area contributed by atoms with Crippen LogP contribution in [0.15, 0.2) is 53.7 Å². The van der Waals surface area contributed by atoms with Crippen molar-refractivity contribution in [3.8, 4) is 17.1 Å². The van der Waals surface area contributed by atoms with Gasteiger partial charge in [0, 0.05) is 30.4 Å². The summed E-state index contributed by atoms with van der Waals surface area (Å²) in [6, 6.07) is 11.2. The van der Waals surface area contributed by atoms with E-state index < -0.39 is 15.9 Å². The second-order valence-corrected chi connectivity index (χ2v) is 10.8. The molecule has 1 saturated heterocycles. The SMILES string of the molecule is CC(C)Oc1ccc(-c2ccc(C(=O)NS(=O)(=O)c3cccc(N)n3)c(N3CC[C@H](C)[C@H]3C)n2)cn1. The molecule has 0 saturated carbocycles. The van der Waals surface area contributed by atoms with Crippen LogP contribution in [0.2, 0.25) is 0 Å². The van der Waals surface area contributed by atoms with Crippen molar-refractivity contribution in [2.75, 3.05) is 17.2 Å². The smallest absolute Gasteiger partial charge is 0.281 e. The molecular weight excluding hydrogens is 480 g/mol. The molecule has 0 bridgehead atoms. The number of rotatable bonds is 7. The highest BCUT2D eigenvalue weighted by atomic mass is 32.2. The zero-order chi connectivity index (χ0) is 26.0. The molecule has 1 aliphatic heterocycles. The van der Waals surface area contributed by atoms with Crippen molar-refractivity contribution in [1.82, 2.24) is 19.7 Å². The fourth-order valence-electron chi connectivity index (χ4n) is 4.05. The van der Waals surface area contributed by atoms with Crippen molar-refractivity contribution >= 4 is 27.6 Å². The van der Waals surface area contributed by atoms with Crippen LogP contribution in [-0.4, -0.2) is 48.0 Å². The first-order chi connectivity index (χ1) is 17.0. The largest absolute Gasteiger partial charge is 0.475 e. The van der Waals surface area contributed by atoms with Crippen LogP contribution < -0.4 is 20.1 Å². The van der Waals surface area contributed by atoms with Crippen molar-refractivity contribution in [3.05, 3.63) is 54.2 Å². The van der Waals surface area contributed by atoms with Gasteiger partial charge in [0.25, 0.3) is 15.9 Å². The summed E-state index contributed by atoms with van der Waals surface area (Å²) in [5.41, 5.74) is 7.13. The summed E-state index contributed by atoms with van der Waals surface area (Å²) in [6.45, 7) is 8.76. The van der Waals surface area contributed by atoms with E-state index in [1.807, 2.05) is 24.8 Å². The first-order valence-corrected chi connectivity index (χ1v) is 13.2. The van der Waals surface area contributed by atoms with Gasteiger partial charge in [-0.25, -0.2) is 19.7 Å². The van der Waals surface area contributed by atoms with Gasteiger partial charge in [-0.15, -0.1) is 0 Å². The molecule has 1 fully saturated rings. The fraction of sp³-hybridized carbons (Fsp3) is 0.360. The maximum atomic E-state index is 13.2. The van der Waals surface area contributed by atoms with Gasteiger partial charge in [-0.3, -0.25) is 4.79 Å². The lowest BCUT2D eigenvalue weighted by molar-refractivity contribution is 0.0981. The van der Waals surface area contributed by atoms with Gasteiger partial charge in [0.05, 0.1) is 17.4 Å². The van der Waals surface area contributed by atoms with Gasteiger partial charge in [-0.1, -0.05) is 13.0 Å². The highest BCUT2D eigenvalue weighted by Crippen LogP contribution is 2.32. The highest BCUT2D eigenvalue weighted by Gasteiger charge is 2.32. The fourth-order valence-corrected chi connectivity index (χ4v) is 4.99. The summed E-state index contributed by atoms with van der Waals surface area (Å²) in [5.74, 6) is 0.558. The van der Waals surface area contributed by atoms with Crippen molar-refractivity contribution in [3.63, 3.8) is 0 Å². The number of sulfonamides is 1. The first-order valence-electron chi connectivity index (χ1n) is 11.8. The van der Waals surface area contributed by atoms with Crippen LogP contribution in [0, 0.1) is 5.92 Å². The van der Waals surface area contributed by atoms with Crippen molar-refractivity contribution in [2.24, 2.45) is 5.92 Å². The molecule has 190 valence electrons. The minimum Gasteiger partial charge on any atom is -0.475 e. The number of nitrogen functional groups attached to an aromatic ring is 1. The van der Waals surface area contributed by atoms with Gasteiger partial charge < -0.3 is 15.4 Å². The van der Waals surface area contributed by atoms with Crippen LogP contribution in [0.5, 0.6) is 5.88 Å². The Labute approximate surface area is 211 Å². The number of aromatic nitrogens is 3. The van der Waals surface area contributed by atoms with E-state index >= 15 is 0 Å². The number of amides is 1. The predicted octanol–water partition coefficient (Wildman–Crippen LogP) is 3.26. The minimum absolute atomic E-state index is 0.00308. The molecule has 0 radical (unpaired) electrons. The molecule has 1 amide bonds. The number of anilines is 2. The Morgan fingerprint density at radius 2 is 1.92 bits per heavy atom. The molecule has 1 aliphatic rings. The molecule has 3 aromatic heterocycles. The molecule has 4 heterocycles. The molecule has 0 unspecified atom stereocenters. The van der Waals surface area contributed by atoms with E-state index in [2.05, 4.69) is 28.5 Å². The van der Waals surface area contributed by atoms with Gasteiger partial charge >= 0.3 is 0 Å². The molecule has 36 heavy (non-hydrogen) atoms. The molecule has 3 aromatic rings. The Hall–Kier alpha value is -3.73. The molecule has 3 N–H and O–H groups in total. The maximum Gasteiger partial charge on any atom is 0.281 e. The quantitative estimate of drug-likeness (QED) is 0.490. The minimum atomic E-state index is -4.23. The molecule has 0 spiro atoms. The number of hydrogen-bond acceptors (Lipinski definition) is 9. The number of nitrogens with two attached hydrogens (primary N) is 1. The summed E-state index contributed by atoms with van der Waals surface area (Å²) >= 11 is 0.